The van der Waals surface area contributed by atoms with Crippen LogP contribution in [0.4, 0.5) is 0 Å². The third kappa shape index (κ3) is 1.95. The van der Waals surface area contributed by atoms with Crippen LogP contribution in [0.3, 0.4) is 0 Å². The van der Waals surface area contributed by atoms with Crippen molar-refractivity contribution < 1.29 is 0 Å². The highest BCUT2D eigenvalue weighted by molar-refractivity contribution is 7.17. The Bertz CT molecular complexity index is 671. The number of thiazole rings is 1. The first-order valence-electron chi connectivity index (χ1n) is 5.64. The Labute approximate surface area is 113 Å². The lowest BCUT2D eigenvalue weighted by Gasteiger charge is -2.15. The molecule has 1 atom stereocenters. The number of benzene rings is 1. The normalized spacial score (nSPS) is 13.0. The summed E-state index contributed by atoms with van der Waals surface area (Å²) >= 11 is 3.43. The third-order valence-corrected chi connectivity index (χ3v) is 4.87. The molecule has 5 heteroatoms. The molecule has 2 aromatic heterocycles. The van der Waals surface area contributed by atoms with Crippen molar-refractivity contribution >= 4 is 32.8 Å². The zero-order valence-corrected chi connectivity index (χ0v) is 11.5. The number of fused-ring (bicyclic) bond motifs is 1. The van der Waals surface area contributed by atoms with E-state index in [-0.39, 0.29) is 6.04 Å². The van der Waals surface area contributed by atoms with Crippen molar-refractivity contribution in [3.63, 3.8) is 0 Å². The summed E-state index contributed by atoms with van der Waals surface area (Å²) in [6.45, 7) is 2.01. The molecule has 2 heterocycles. The van der Waals surface area contributed by atoms with Crippen LogP contribution in [0.1, 0.15) is 21.5 Å². The van der Waals surface area contributed by atoms with Gasteiger partial charge in [0.2, 0.25) is 0 Å². The minimum absolute atomic E-state index is 0.0125. The van der Waals surface area contributed by atoms with E-state index in [4.69, 9.17) is 5.84 Å². The fraction of sp³-hybridized carbons (Fsp3) is 0.154. The van der Waals surface area contributed by atoms with Gasteiger partial charge >= 0.3 is 0 Å². The maximum atomic E-state index is 5.74. The molecule has 0 spiro atoms. The van der Waals surface area contributed by atoms with Crippen molar-refractivity contribution in [2.75, 3.05) is 0 Å². The second-order valence-corrected chi connectivity index (χ2v) is 6.25. The van der Waals surface area contributed by atoms with E-state index < -0.39 is 0 Å². The number of nitrogens with one attached hydrogen (secondary N) is 1. The molecule has 0 bridgehead atoms. The van der Waals surface area contributed by atoms with Crippen LogP contribution in [-0.4, -0.2) is 4.98 Å². The van der Waals surface area contributed by atoms with Gasteiger partial charge in [-0.2, -0.15) is 0 Å². The Morgan fingerprint density at radius 3 is 2.94 bits per heavy atom. The molecule has 0 radical (unpaired) electrons. The average Bonchev–Trinajstić information content (AvgIpc) is 2.99. The molecule has 92 valence electrons. The Morgan fingerprint density at radius 2 is 2.22 bits per heavy atom. The summed E-state index contributed by atoms with van der Waals surface area (Å²) in [5.74, 6) is 5.74. The third-order valence-electron chi connectivity index (χ3n) is 2.91. The summed E-state index contributed by atoms with van der Waals surface area (Å²) in [5.41, 5.74) is 4.12. The highest BCUT2D eigenvalue weighted by Gasteiger charge is 2.17. The smallest absolute Gasteiger partial charge is 0.0897 e. The molecular weight excluding hydrogens is 262 g/mol. The van der Waals surface area contributed by atoms with E-state index in [0.717, 1.165) is 9.88 Å². The molecule has 0 aliphatic rings. The lowest BCUT2D eigenvalue weighted by atomic mass is 10.0. The van der Waals surface area contributed by atoms with Crippen molar-refractivity contribution in [3.05, 3.63) is 51.3 Å². The lowest BCUT2D eigenvalue weighted by Crippen LogP contribution is -2.28. The molecule has 0 amide bonds. The SMILES string of the molecule is Cc1ncc(C(NN)c2cccc3ccsc23)s1. The quantitative estimate of drug-likeness (QED) is 0.570. The van der Waals surface area contributed by atoms with E-state index in [1.54, 1.807) is 22.7 Å². The Kier molecular flexibility index (Phi) is 3.13. The van der Waals surface area contributed by atoms with Gasteiger partial charge in [0.1, 0.15) is 0 Å². The number of thiophene rings is 1. The number of hydrazine groups is 1. The van der Waals surface area contributed by atoms with E-state index >= 15 is 0 Å². The molecule has 0 aliphatic carbocycles. The number of aryl methyl sites for hydroxylation is 1. The van der Waals surface area contributed by atoms with Crippen LogP contribution in [0.2, 0.25) is 0 Å². The largest absolute Gasteiger partial charge is 0.271 e. The van der Waals surface area contributed by atoms with Crippen LogP contribution in [-0.2, 0) is 0 Å². The molecule has 0 saturated heterocycles. The van der Waals surface area contributed by atoms with Crippen molar-refractivity contribution in [1.82, 2.24) is 10.4 Å². The predicted octanol–water partition coefficient (Wildman–Crippen LogP) is 3.22. The van der Waals surface area contributed by atoms with E-state index in [1.807, 2.05) is 13.1 Å². The van der Waals surface area contributed by atoms with Crippen LogP contribution in [0.15, 0.2) is 35.8 Å². The van der Waals surface area contributed by atoms with Crippen LogP contribution < -0.4 is 11.3 Å². The first-order chi connectivity index (χ1) is 8.79. The van der Waals surface area contributed by atoms with E-state index in [2.05, 4.69) is 40.1 Å². The van der Waals surface area contributed by atoms with Gasteiger partial charge in [0.05, 0.1) is 11.0 Å². The molecule has 1 unspecified atom stereocenters. The van der Waals surface area contributed by atoms with Gasteiger partial charge < -0.3 is 0 Å². The second kappa shape index (κ2) is 4.78. The number of nitrogens with zero attached hydrogens (tertiary/aromatic N) is 1. The zero-order chi connectivity index (χ0) is 12.5. The van der Waals surface area contributed by atoms with Gasteiger partial charge in [-0.15, -0.1) is 22.7 Å². The molecule has 0 fully saturated rings. The number of aromatic nitrogens is 1. The zero-order valence-electron chi connectivity index (χ0n) is 9.88. The molecule has 3 rings (SSSR count). The molecule has 1 aromatic carbocycles. The summed E-state index contributed by atoms with van der Waals surface area (Å²) in [4.78, 5) is 5.45. The molecular formula is C13H13N3S2. The maximum absolute atomic E-state index is 5.74. The first-order valence-corrected chi connectivity index (χ1v) is 7.34. The van der Waals surface area contributed by atoms with Crippen LogP contribution in [0.25, 0.3) is 10.1 Å². The highest BCUT2D eigenvalue weighted by Crippen LogP contribution is 2.33. The summed E-state index contributed by atoms with van der Waals surface area (Å²) in [7, 11) is 0. The monoisotopic (exact) mass is 275 g/mol. The average molecular weight is 275 g/mol. The molecule has 0 aliphatic heterocycles. The van der Waals surface area contributed by atoms with Gasteiger partial charge in [-0.1, -0.05) is 18.2 Å². The molecule has 18 heavy (non-hydrogen) atoms. The maximum Gasteiger partial charge on any atom is 0.0897 e. The fourth-order valence-electron chi connectivity index (χ4n) is 2.08. The first kappa shape index (κ1) is 11.8. The van der Waals surface area contributed by atoms with E-state index in [1.165, 1.54) is 15.6 Å². The minimum atomic E-state index is 0.0125. The van der Waals surface area contributed by atoms with Crippen molar-refractivity contribution in [1.29, 1.82) is 0 Å². The lowest BCUT2D eigenvalue weighted by molar-refractivity contribution is 0.650. The van der Waals surface area contributed by atoms with Gasteiger partial charge in [-0.25, -0.2) is 10.4 Å². The fourth-order valence-corrected chi connectivity index (χ4v) is 3.89. The summed E-state index contributed by atoms with van der Waals surface area (Å²) in [6.07, 6.45) is 1.90. The van der Waals surface area contributed by atoms with Crippen molar-refractivity contribution in [2.24, 2.45) is 5.84 Å². The van der Waals surface area contributed by atoms with Gasteiger partial charge in [0.15, 0.2) is 0 Å². The molecule has 3 aromatic rings. The standard InChI is InChI=1S/C13H13N3S2/c1-8-15-7-11(18-8)12(16-14)10-4-2-3-9-5-6-17-13(9)10/h2-7,12,16H,14H2,1H3. The molecule has 3 nitrogen and oxygen atoms in total. The van der Waals surface area contributed by atoms with Gasteiger partial charge in [0.25, 0.3) is 0 Å². The van der Waals surface area contributed by atoms with Gasteiger partial charge in [-0.3, -0.25) is 5.84 Å². The second-order valence-electron chi connectivity index (χ2n) is 4.07. The van der Waals surface area contributed by atoms with Crippen LogP contribution in [0, 0.1) is 6.92 Å². The number of hydrogen-bond donors (Lipinski definition) is 2. The van der Waals surface area contributed by atoms with E-state index in [9.17, 15) is 0 Å². The Balaban J connectivity index is 2.14. The van der Waals surface area contributed by atoms with E-state index in [0.29, 0.717) is 0 Å². The minimum Gasteiger partial charge on any atom is -0.271 e. The molecule has 3 N–H and O–H groups in total. The summed E-state index contributed by atoms with van der Waals surface area (Å²) in [5, 5.41) is 4.43. The molecule has 0 saturated carbocycles. The Hall–Kier alpha value is -1.27. The summed E-state index contributed by atoms with van der Waals surface area (Å²) in [6, 6.07) is 8.47. The number of rotatable bonds is 3. The predicted molar refractivity (Wildman–Crippen MR) is 77.8 cm³/mol. The van der Waals surface area contributed by atoms with Gasteiger partial charge in [0, 0.05) is 15.8 Å². The van der Waals surface area contributed by atoms with Crippen molar-refractivity contribution in [3.8, 4) is 0 Å². The van der Waals surface area contributed by atoms with Crippen LogP contribution in [0.5, 0.6) is 0 Å². The van der Waals surface area contributed by atoms with Crippen LogP contribution >= 0.6 is 22.7 Å². The summed E-state index contributed by atoms with van der Waals surface area (Å²) < 4.78 is 1.28. The number of hydrogen-bond acceptors (Lipinski definition) is 5. The number of nitrogens with two attached hydrogens (primary N) is 1. The van der Waals surface area contributed by atoms with Crippen molar-refractivity contribution in [2.45, 2.75) is 13.0 Å². The highest BCUT2D eigenvalue weighted by atomic mass is 32.1. The Morgan fingerprint density at radius 1 is 1.33 bits per heavy atom. The topological polar surface area (TPSA) is 50.9 Å². The van der Waals surface area contributed by atoms with Gasteiger partial charge in [-0.05, 0) is 29.3 Å².